The van der Waals surface area contributed by atoms with Gasteiger partial charge in [0.1, 0.15) is 22.5 Å². The number of carbonyl (C=O) groups is 1. The minimum atomic E-state index is -0.269. The number of nitrogens with zero attached hydrogens (tertiary/aromatic N) is 3. The third-order valence-electron chi connectivity index (χ3n) is 7.01. The number of thiocarbonyl (C=S) groups is 1. The molecular weight excluding hydrogens is 529 g/mol. The number of ether oxygens (including phenoxy) is 1. The van der Waals surface area contributed by atoms with Crippen LogP contribution in [0.4, 0.5) is 4.39 Å². The van der Waals surface area contributed by atoms with Gasteiger partial charge in [-0.1, -0.05) is 67.2 Å². The number of rotatable bonds is 7. The van der Waals surface area contributed by atoms with Gasteiger partial charge in [0.15, 0.2) is 0 Å². The van der Waals surface area contributed by atoms with E-state index < -0.39 is 0 Å². The lowest BCUT2D eigenvalue weighted by atomic mass is 10.1. The Kier molecular flexibility index (Phi) is 7.30. The van der Waals surface area contributed by atoms with Gasteiger partial charge in [0.05, 0.1) is 16.3 Å². The zero-order chi connectivity index (χ0) is 26.8. The average Bonchev–Trinajstić information content (AvgIpc) is 3.69. The van der Waals surface area contributed by atoms with Crippen LogP contribution in [0.1, 0.15) is 36.8 Å². The Morgan fingerprint density at radius 1 is 1.00 bits per heavy atom. The predicted octanol–water partition coefficient (Wildman–Crippen LogP) is 7.40. The summed E-state index contributed by atoms with van der Waals surface area (Å²) in [6.45, 7) is 0.344. The fraction of sp³-hybridized carbons (Fsp3) is 0.194. The third-order valence-corrected chi connectivity index (χ3v) is 8.34. The second-order valence-corrected chi connectivity index (χ2v) is 11.3. The van der Waals surface area contributed by atoms with E-state index in [4.69, 9.17) is 22.1 Å². The molecule has 0 N–H and O–H groups in total. The molecule has 1 saturated carbocycles. The molecule has 8 heteroatoms. The number of amides is 1. The Bertz CT molecular complexity index is 1530. The highest BCUT2D eigenvalue weighted by Gasteiger charge is 2.38. The van der Waals surface area contributed by atoms with Crippen molar-refractivity contribution in [2.45, 2.75) is 38.3 Å². The smallest absolute Gasteiger partial charge is 0.266 e. The Balaban J connectivity index is 1.29. The number of benzene rings is 3. The van der Waals surface area contributed by atoms with Crippen LogP contribution in [0, 0.1) is 5.82 Å². The normalized spacial score (nSPS) is 16.9. The highest BCUT2D eigenvalue weighted by molar-refractivity contribution is 8.26. The predicted molar refractivity (Wildman–Crippen MR) is 157 cm³/mol. The quantitative estimate of drug-likeness (QED) is 0.176. The summed E-state index contributed by atoms with van der Waals surface area (Å²) in [6, 6.07) is 24.1. The number of thioether (sulfide) groups is 1. The molecule has 0 bridgehead atoms. The van der Waals surface area contributed by atoms with E-state index in [0.717, 1.165) is 53.8 Å². The molecule has 3 aromatic carbocycles. The summed E-state index contributed by atoms with van der Waals surface area (Å²) < 4.78 is 21.5. The van der Waals surface area contributed by atoms with Crippen molar-refractivity contribution in [3.05, 3.63) is 107 Å². The van der Waals surface area contributed by atoms with E-state index in [1.807, 2.05) is 76.5 Å². The van der Waals surface area contributed by atoms with Gasteiger partial charge >= 0.3 is 0 Å². The Morgan fingerprint density at radius 2 is 1.72 bits per heavy atom. The van der Waals surface area contributed by atoms with Gasteiger partial charge in [-0.15, -0.1) is 0 Å². The molecule has 4 aromatic rings. The maximum atomic E-state index is 13.4. The van der Waals surface area contributed by atoms with Gasteiger partial charge in [-0.05, 0) is 73.0 Å². The largest absolute Gasteiger partial charge is 0.489 e. The summed E-state index contributed by atoms with van der Waals surface area (Å²) in [6.07, 6.45) is 8.15. The zero-order valence-corrected chi connectivity index (χ0v) is 22.8. The van der Waals surface area contributed by atoms with Gasteiger partial charge in [-0.2, -0.15) is 5.10 Å². The summed E-state index contributed by atoms with van der Waals surface area (Å²) in [5.74, 6) is 0.416. The van der Waals surface area contributed by atoms with E-state index in [9.17, 15) is 9.18 Å². The molecule has 5 nitrogen and oxygen atoms in total. The molecule has 1 saturated heterocycles. The van der Waals surface area contributed by atoms with Gasteiger partial charge < -0.3 is 4.74 Å². The van der Waals surface area contributed by atoms with Crippen molar-refractivity contribution in [1.29, 1.82) is 0 Å². The van der Waals surface area contributed by atoms with Crippen LogP contribution in [0.15, 0.2) is 90.0 Å². The van der Waals surface area contributed by atoms with Crippen LogP contribution in [0.25, 0.3) is 23.0 Å². The Labute approximate surface area is 236 Å². The van der Waals surface area contributed by atoms with Gasteiger partial charge in [0, 0.05) is 23.4 Å². The van der Waals surface area contributed by atoms with Crippen LogP contribution in [-0.2, 0) is 11.4 Å². The third kappa shape index (κ3) is 5.53. The first-order valence-electron chi connectivity index (χ1n) is 12.9. The maximum absolute atomic E-state index is 13.4. The lowest BCUT2D eigenvalue weighted by molar-refractivity contribution is -0.123. The van der Waals surface area contributed by atoms with Crippen LogP contribution in [-0.4, -0.2) is 30.9 Å². The van der Waals surface area contributed by atoms with Crippen LogP contribution in [0.2, 0.25) is 0 Å². The molecule has 0 unspecified atom stereocenters. The topological polar surface area (TPSA) is 47.4 Å². The first-order valence-corrected chi connectivity index (χ1v) is 14.2. The van der Waals surface area contributed by atoms with E-state index in [0.29, 0.717) is 21.6 Å². The Morgan fingerprint density at radius 3 is 2.44 bits per heavy atom. The van der Waals surface area contributed by atoms with Crippen molar-refractivity contribution < 1.29 is 13.9 Å². The van der Waals surface area contributed by atoms with Crippen molar-refractivity contribution in [3.8, 4) is 22.7 Å². The number of halogens is 1. The molecule has 0 radical (unpaired) electrons. The molecule has 1 aliphatic heterocycles. The average molecular weight is 556 g/mol. The monoisotopic (exact) mass is 555 g/mol. The molecule has 2 heterocycles. The first kappa shape index (κ1) is 25.5. The summed E-state index contributed by atoms with van der Waals surface area (Å²) in [7, 11) is 0. The number of carbonyl (C=O) groups excluding carboxylic acids is 1. The zero-order valence-electron chi connectivity index (χ0n) is 21.1. The van der Waals surface area contributed by atoms with Gasteiger partial charge in [0.25, 0.3) is 5.91 Å². The molecule has 6 rings (SSSR count). The van der Waals surface area contributed by atoms with Gasteiger partial charge in [-0.3, -0.25) is 9.69 Å². The fourth-order valence-corrected chi connectivity index (χ4v) is 6.38. The summed E-state index contributed by atoms with van der Waals surface area (Å²) in [4.78, 5) is 15.8. The highest BCUT2D eigenvalue weighted by atomic mass is 32.2. The molecule has 39 heavy (non-hydrogen) atoms. The molecule has 1 aliphatic carbocycles. The molecule has 1 aromatic heterocycles. The van der Waals surface area contributed by atoms with Crippen LogP contribution < -0.4 is 4.74 Å². The summed E-state index contributed by atoms with van der Waals surface area (Å²) in [5, 5.41) is 4.89. The van der Waals surface area contributed by atoms with Crippen molar-refractivity contribution in [2.24, 2.45) is 0 Å². The van der Waals surface area contributed by atoms with Crippen LogP contribution >= 0.6 is 24.0 Å². The molecule has 2 aliphatic rings. The second-order valence-electron chi connectivity index (χ2n) is 9.64. The number of aromatic nitrogens is 2. The summed E-state index contributed by atoms with van der Waals surface area (Å²) in [5.41, 5.74) is 4.31. The standard InChI is InChI=1S/C31H26FN3O2S2/c32-24-14-10-21(11-15-24)20-37-27-16-12-22(13-17-27)29-23(19-34(33-29)25-6-2-1-3-7-25)18-28-30(36)35(31(38)39-28)26-8-4-5-9-26/h1-3,6-7,10-19,26H,4-5,8-9,20H2. The fourth-order valence-electron chi connectivity index (χ4n) is 4.98. The van der Waals surface area contributed by atoms with Gasteiger partial charge in [-0.25, -0.2) is 9.07 Å². The van der Waals surface area contributed by atoms with Gasteiger partial charge in [0.2, 0.25) is 0 Å². The lowest BCUT2D eigenvalue weighted by Crippen LogP contribution is -2.36. The second kappa shape index (κ2) is 11.2. The number of para-hydroxylation sites is 1. The maximum Gasteiger partial charge on any atom is 0.266 e. The van der Waals surface area contributed by atoms with E-state index in [2.05, 4.69) is 0 Å². The SMILES string of the molecule is O=C1C(=Cc2cn(-c3ccccc3)nc2-c2ccc(OCc3ccc(F)cc3)cc2)SC(=S)N1C1CCCC1. The number of hydrogen-bond acceptors (Lipinski definition) is 5. The molecule has 0 spiro atoms. The first-order chi connectivity index (χ1) is 19.0. The molecule has 1 amide bonds. The Hall–Kier alpha value is -3.75. The van der Waals surface area contributed by atoms with E-state index >= 15 is 0 Å². The van der Waals surface area contributed by atoms with E-state index in [-0.39, 0.29) is 17.8 Å². The van der Waals surface area contributed by atoms with E-state index in [1.54, 1.807) is 12.1 Å². The summed E-state index contributed by atoms with van der Waals surface area (Å²) >= 11 is 6.98. The molecule has 2 fully saturated rings. The molecule has 196 valence electrons. The minimum absolute atomic E-state index is 0.0140. The molecular formula is C31H26FN3O2S2. The number of hydrogen-bond donors (Lipinski definition) is 0. The van der Waals surface area contributed by atoms with Crippen LogP contribution in [0.5, 0.6) is 5.75 Å². The minimum Gasteiger partial charge on any atom is -0.489 e. The van der Waals surface area contributed by atoms with Crippen molar-refractivity contribution in [2.75, 3.05) is 0 Å². The molecule has 0 atom stereocenters. The van der Waals surface area contributed by atoms with Crippen LogP contribution in [0.3, 0.4) is 0 Å². The lowest BCUT2D eigenvalue weighted by Gasteiger charge is -2.21. The highest BCUT2D eigenvalue weighted by Crippen LogP contribution is 2.39. The van der Waals surface area contributed by atoms with Crippen molar-refractivity contribution in [1.82, 2.24) is 14.7 Å². The van der Waals surface area contributed by atoms with E-state index in [1.165, 1.54) is 23.9 Å². The van der Waals surface area contributed by atoms with Crippen molar-refractivity contribution >= 4 is 40.3 Å². The van der Waals surface area contributed by atoms with Crippen molar-refractivity contribution in [3.63, 3.8) is 0 Å².